The van der Waals surface area contributed by atoms with E-state index >= 15 is 0 Å². The zero-order valence-electron chi connectivity index (χ0n) is 11.0. The molecule has 0 radical (unpaired) electrons. The third kappa shape index (κ3) is 3.78. The van der Waals surface area contributed by atoms with E-state index in [-0.39, 0.29) is 21.5 Å². The van der Waals surface area contributed by atoms with Gasteiger partial charge in [0.1, 0.15) is 9.88 Å². The predicted molar refractivity (Wildman–Crippen MR) is 88.2 cm³/mol. The molecule has 1 aromatic carbocycles. The van der Waals surface area contributed by atoms with Crippen molar-refractivity contribution in [2.24, 2.45) is 5.73 Å². The van der Waals surface area contributed by atoms with E-state index < -0.39 is 10.0 Å². The molecule has 0 aliphatic heterocycles. The van der Waals surface area contributed by atoms with Gasteiger partial charge in [-0.25, -0.2) is 18.1 Å². The summed E-state index contributed by atoms with van der Waals surface area (Å²) < 4.78 is 27.2. The van der Waals surface area contributed by atoms with Crippen molar-refractivity contribution in [2.75, 3.05) is 0 Å². The van der Waals surface area contributed by atoms with Crippen LogP contribution in [-0.4, -0.2) is 18.4 Å². The van der Waals surface area contributed by atoms with E-state index in [0.717, 1.165) is 10.6 Å². The maximum absolute atomic E-state index is 12.3. The molecule has 0 aliphatic carbocycles. The molecule has 0 unspecified atom stereocenters. The number of halogens is 1. The van der Waals surface area contributed by atoms with Crippen LogP contribution in [0.2, 0.25) is 5.02 Å². The Labute approximate surface area is 137 Å². The Balaban J connectivity index is 2.29. The zero-order valence-corrected chi connectivity index (χ0v) is 14.2. The van der Waals surface area contributed by atoms with Crippen LogP contribution >= 0.6 is 35.2 Å². The number of aromatic nitrogens is 1. The van der Waals surface area contributed by atoms with Crippen molar-refractivity contribution < 1.29 is 8.42 Å². The third-order valence-corrected chi connectivity index (χ3v) is 5.83. The lowest BCUT2D eigenvalue weighted by Gasteiger charge is -2.09. The summed E-state index contributed by atoms with van der Waals surface area (Å²) in [6.45, 7) is 1.98. The molecule has 0 spiro atoms. The molecule has 9 heteroatoms. The van der Waals surface area contributed by atoms with E-state index in [2.05, 4.69) is 9.71 Å². The number of sulfonamides is 1. The summed E-state index contributed by atoms with van der Waals surface area (Å²) in [4.78, 5) is 4.98. The van der Waals surface area contributed by atoms with Gasteiger partial charge in [0.05, 0.1) is 16.2 Å². The van der Waals surface area contributed by atoms with Crippen LogP contribution in [0.25, 0.3) is 0 Å². The summed E-state index contributed by atoms with van der Waals surface area (Å²) in [5.41, 5.74) is 8.42. The zero-order chi connectivity index (χ0) is 15.6. The molecule has 2 rings (SSSR count). The summed E-state index contributed by atoms with van der Waals surface area (Å²) in [6, 6.07) is 4.41. The number of thiocarbonyl (C=S) groups is 1. The van der Waals surface area contributed by atoms with Gasteiger partial charge in [-0.15, -0.1) is 11.3 Å². The fraction of sp³-hybridized carbons (Fsp3) is 0.167. The Morgan fingerprint density at radius 1 is 1.52 bits per heavy atom. The summed E-state index contributed by atoms with van der Waals surface area (Å²) in [7, 11) is -3.76. The highest BCUT2D eigenvalue weighted by molar-refractivity contribution is 7.89. The minimum absolute atomic E-state index is 0.0448. The largest absolute Gasteiger partial charge is 0.389 e. The van der Waals surface area contributed by atoms with E-state index in [1.165, 1.54) is 23.5 Å². The highest BCUT2D eigenvalue weighted by Gasteiger charge is 2.19. The lowest BCUT2D eigenvalue weighted by molar-refractivity contribution is 0.581. The number of thiazole rings is 1. The number of hydrogen-bond acceptors (Lipinski definition) is 5. The van der Waals surface area contributed by atoms with E-state index in [0.29, 0.717) is 5.56 Å². The minimum atomic E-state index is -3.76. The lowest BCUT2D eigenvalue weighted by Crippen LogP contribution is -2.24. The van der Waals surface area contributed by atoms with Crippen LogP contribution in [-0.2, 0) is 16.6 Å². The molecule has 1 heterocycles. The van der Waals surface area contributed by atoms with Gasteiger partial charge in [0.15, 0.2) is 0 Å². The molecule has 2 aromatic rings. The van der Waals surface area contributed by atoms with Crippen LogP contribution in [0.4, 0.5) is 0 Å². The maximum Gasteiger partial charge on any atom is 0.242 e. The Morgan fingerprint density at radius 3 is 2.81 bits per heavy atom. The Kier molecular flexibility index (Phi) is 4.95. The van der Waals surface area contributed by atoms with E-state index in [1.54, 1.807) is 11.6 Å². The molecule has 0 atom stereocenters. The summed E-state index contributed by atoms with van der Waals surface area (Å²) in [5.74, 6) is 0. The van der Waals surface area contributed by atoms with Crippen molar-refractivity contribution in [2.45, 2.75) is 18.4 Å². The number of nitrogens with one attached hydrogen (secondary N) is 1. The van der Waals surface area contributed by atoms with E-state index in [1.807, 2.05) is 6.92 Å². The topological polar surface area (TPSA) is 85.1 Å². The van der Waals surface area contributed by atoms with Crippen molar-refractivity contribution in [3.05, 3.63) is 44.9 Å². The van der Waals surface area contributed by atoms with E-state index in [9.17, 15) is 8.42 Å². The first-order valence-electron chi connectivity index (χ1n) is 5.79. The van der Waals surface area contributed by atoms with Crippen LogP contribution < -0.4 is 10.5 Å². The highest BCUT2D eigenvalue weighted by Crippen LogP contribution is 2.23. The second-order valence-electron chi connectivity index (χ2n) is 4.19. The van der Waals surface area contributed by atoms with Gasteiger partial charge in [-0.3, -0.25) is 0 Å². The molecule has 0 aliphatic rings. The van der Waals surface area contributed by atoms with Crippen LogP contribution in [0.5, 0.6) is 0 Å². The average Bonchev–Trinajstić information content (AvgIpc) is 2.82. The Bertz CT molecular complexity index is 787. The number of nitrogens with zero attached hydrogens (tertiary/aromatic N) is 1. The lowest BCUT2D eigenvalue weighted by atomic mass is 10.2. The average molecular weight is 362 g/mol. The minimum Gasteiger partial charge on any atom is -0.389 e. The van der Waals surface area contributed by atoms with Crippen LogP contribution in [0.3, 0.4) is 0 Å². The molecule has 0 fully saturated rings. The number of aryl methyl sites for hydroxylation is 1. The van der Waals surface area contributed by atoms with Gasteiger partial charge in [-0.1, -0.05) is 29.9 Å². The number of rotatable bonds is 5. The molecule has 0 saturated carbocycles. The standard InChI is InChI=1S/C12H12ClN3O2S3/c1-7-10(20-6-15-7)5-16-21(17,18)11-4-8(12(14)19)2-3-9(11)13/h2-4,6,16H,5H2,1H3,(H2,14,19). The number of hydrogen-bond donors (Lipinski definition) is 2. The fourth-order valence-corrected chi connectivity index (χ4v) is 4.05. The first kappa shape index (κ1) is 16.3. The van der Waals surface area contributed by atoms with Crippen LogP contribution in [0.15, 0.2) is 28.6 Å². The van der Waals surface area contributed by atoms with Crippen molar-refractivity contribution >= 4 is 50.2 Å². The molecule has 3 N–H and O–H groups in total. The summed E-state index contributed by atoms with van der Waals surface area (Å²) >= 11 is 12.2. The van der Waals surface area contributed by atoms with Crippen molar-refractivity contribution in [3.8, 4) is 0 Å². The molecule has 1 aromatic heterocycles. The maximum atomic E-state index is 12.3. The fourth-order valence-electron chi connectivity index (χ4n) is 1.60. The Morgan fingerprint density at radius 2 is 2.24 bits per heavy atom. The summed E-state index contributed by atoms with van der Waals surface area (Å²) in [6.07, 6.45) is 0. The van der Waals surface area contributed by atoms with Crippen molar-refractivity contribution in [3.63, 3.8) is 0 Å². The quantitative estimate of drug-likeness (QED) is 0.797. The molecule has 112 valence electrons. The van der Waals surface area contributed by atoms with Gasteiger partial charge in [-0.05, 0) is 19.1 Å². The van der Waals surface area contributed by atoms with E-state index in [4.69, 9.17) is 29.6 Å². The second-order valence-corrected chi connectivity index (χ2v) is 7.72. The normalized spacial score (nSPS) is 11.5. The second kappa shape index (κ2) is 6.37. The molecule has 21 heavy (non-hydrogen) atoms. The SMILES string of the molecule is Cc1ncsc1CNS(=O)(=O)c1cc(C(N)=S)ccc1Cl. The van der Waals surface area contributed by atoms with Gasteiger partial charge in [0.25, 0.3) is 0 Å². The molecular weight excluding hydrogens is 350 g/mol. The van der Waals surface area contributed by atoms with Gasteiger partial charge >= 0.3 is 0 Å². The van der Waals surface area contributed by atoms with Crippen molar-refractivity contribution in [1.29, 1.82) is 0 Å². The van der Waals surface area contributed by atoms with Crippen molar-refractivity contribution in [1.82, 2.24) is 9.71 Å². The van der Waals surface area contributed by atoms with Crippen LogP contribution in [0.1, 0.15) is 16.1 Å². The first-order valence-corrected chi connectivity index (χ1v) is 8.94. The smallest absolute Gasteiger partial charge is 0.242 e. The summed E-state index contributed by atoms with van der Waals surface area (Å²) in [5, 5.41) is 0.114. The first-order chi connectivity index (χ1) is 9.81. The predicted octanol–water partition coefficient (Wildman–Crippen LogP) is 2.22. The van der Waals surface area contributed by atoms with Gasteiger partial charge < -0.3 is 5.73 Å². The van der Waals surface area contributed by atoms with Gasteiger partial charge in [-0.2, -0.15) is 0 Å². The third-order valence-electron chi connectivity index (χ3n) is 2.77. The number of nitrogens with two attached hydrogens (primary N) is 1. The molecule has 5 nitrogen and oxygen atoms in total. The Hall–Kier alpha value is -1.06. The van der Waals surface area contributed by atoms with Crippen LogP contribution in [0, 0.1) is 6.92 Å². The highest BCUT2D eigenvalue weighted by atomic mass is 35.5. The molecular formula is C12H12ClN3O2S3. The monoisotopic (exact) mass is 361 g/mol. The van der Waals surface area contributed by atoms with Gasteiger partial charge in [0.2, 0.25) is 10.0 Å². The number of benzene rings is 1. The molecule has 0 bridgehead atoms. The van der Waals surface area contributed by atoms with Gasteiger partial charge in [0, 0.05) is 17.0 Å². The molecule has 0 saturated heterocycles. The molecule has 0 amide bonds.